The van der Waals surface area contributed by atoms with Gasteiger partial charge in [-0.1, -0.05) is 12.2 Å². The highest BCUT2D eigenvalue weighted by Crippen LogP contribution is 2.13. The molecule has 2 atom stereocenters. The van der Waals surface area contributed by atoms with Gasteiger partial charge in [0.25, 0.3) is 0 Å². The second-order valence-corrected chi connectivity index (χ2v) is 5.63. The number of allylic oxidation sites excluding steroid dienone is 2. The van der Waals surface area contributed by atoms with Gasteiger partial charge in [0, 0.05) is 12.8 Å². The van der Waals surface area contributed by atoms with Crippen LogP contribution in [0.1, 0.15) is 25.7 Å². The number of carboxylic acid groups (broad SMARTS) is 2. The minimum atomic E-state index is -1.12. The van der Waals surface area contributed by atoms with Crippen LogP contribution in [0.4, 0.5) is 11.9 Å². The van der Waals surface area contributed by atoms with Gasteiger partial charge in [0.1, 0.15) is 0 Å². The Hall–Kier alpha value is -3.50. The van der Waals surface area contributed by atoms with Gasteiger partial charge < -0.3 is 10.2 Å². The summed E-state index contributed by atoms with van der Waals surface area (Å²) in [6.07, 6.45) is 2.50. The molecule has 11 heteroatoms. The van der Waals surface area contributed by atoms with Crippen molar-refractivity contribution in [2.45, 2.75) is 25.7 Å². The summed E-state index contributed by atoms with van der Waals surface area (Å²) >= 11 is 0. The summed E-state index contributed by atoms with van der Waals surface area (Å²) in [4.78, 5) is 49.6. The molecule has 1 rings (SSSR count). The third-order valence-electron chi connectivity index (χ3n) is 3.46. The number of H-pyrrole nitrogens is 1. The number of aliphatic carboxylic acids is 2. The summed E-state index contributed by atoms with van der Waals surface area (Å²) in [6, 6.07) is 0. The Bertz CT molecular complexity index is 670. The SMILES string of the molecule is C=CCC(CC(=O)Nc1n[nH]c(NC(=O)CC(CC=C)C(=O)O)n1)C(=O)O. The van der Waals surface area contributed by atoms with E-state index >= 15 is 0 Å². The van der Waals surface area contributed by atoms with Crippen molar-refractivity contribution in [3.05, 3.63) is 25.3 Å². The third kappa shape index (κ3) is 7.50. The van der Waals surface area contributed by atoms with E-state index in [1.165, 1.54) is 12.2 Å². The number of hydrogen-bond acceptors (Lipinski definition) is 6. The van der Waals surface area contributed by atoms with E-state index < -0.39 is 35.6 Å². The minimum absolute atomic E-state index is 0.0843. The smallest absolute Gasteiger partial charge is 0.307 e. The predicted octanol–water partition coefficient (Wildman–Crippen LogP) is 1.02. The molecule has 0 aliphatic rings. The number of aromatic nitrogens is 3. The molecule has 1 aromatic rings. The minimum Gasteiger partial charge on any atom is -0.481 e. The lowest BCUT2D eigenvalue weighted by atomic mass is 10.0. The summed E-state index contributed by atoms with van der Waals surface area (Å²) in [6.45, 7) is 6.88. The lowest BCUT2D eigenvalue weighted by Crippen LogP contribution is -2.23. The average Bonchev–Trinajstić information content (AvgIpc) is 3.00. The van der Waals surface area contributed by atoms with Crippen LogP contribution < -0.4 is 10.6 Å². The van der Waals surface area contributed by atoms with Crippen molar-refractivity contribution in [1.82, 2.24) is 15.2 Å². The van der Waals surface area contributed by atoms with Crippen LogP contribution in [0, 0.1) is 11.8 Å². The first-order valence-corrected chi connectivity index (χ1v) is 7.96. The van der Waals surface area contributed by atoms with Crippen LogP contribution in [0.3, 0.4) is 0 Å². The average molecular weight is 379 g/mol. The molecule has 0 saturated carbocycles. The standard InChI is InChI=1S/C16H21N5O6/c1-3-5-9(13(24)25)7-11(22)17-15-19-16(21-20-15)18-12(23)8-10(6-4-2)14(26)27/h3-4,9-10H,1-2,5-8H2,(H,24,25)(H,26,27)(H3,17,18,19,20,21,22,23). The zero-order valence-electron chi connectivity index (χ0n) is 14.5. The summed E-state index contributed by atoms with van der Waals surface area (Å²) in [5, 5.41) is 28.7. The molecule has 27 heavy (non-hydrogen) atoms. The molecular formula is C16H21N5O6. The van der Waals surface area contributed by atoms with Crippen molar-refractivity contribution < 1.29 is 29.4 Å². The second kappa shape index (κ2) is 10.5. The van der Waals surface area contributed by atoms with Gasteiger partial charge in [-0.2, -0.15) is 4.98 Å². The Morgan fingerprint density at radius 2 is 1.44 bits per heavy atom. The normalized spacial score (nSPS) is 12.4. The third-order valence-corrected chi connectivity index (χ3v) is 3.46. The Balaban J connectivity index is 2.59. The van der Waals surface area contributed by atoms with Crippen molar-refractivity contribution in [2.75, 3.05) is 10.6 Å². The highest BCUT2D eigenvalue weighted by molar-refractivity contribution is 5.93. The number of hydrogen-bond donors (Lipinski definition) is 5. The van der Waals surface area contributed by atoms with Gasteiger partial charge in [-0.3, -0.25) is 29.8 Å². The molecule has 0 spiro atoms. The number of carbonyl (C=O) groups excluding carboxylic acids is 2. The summed E-state index contributed by atoms with van der Waals surface area (Å²) in [5.74, 6) is -5.53. The van der Waals surface area contributed by atoms with Crippen LogP contribution >= 0.6 is 0 Å². The highest BCUT2D eigenvalue weighted by Gasteiger charge is 2.22. The molecule has 0 aliphatic heterocycles. The van der Waals surface area contributed by atoms with Gasteiger partial charge in [-0.25, -0.2) is 5.10 Å². The lowest BCUT2D eigenvalue weighted by Gasteiger charge is -2.09. The topological polar surface area (TPSA) is 174 Å². The number of carboxylic acids is 2. The van der Waals surface area contributed by atoms with E-state index in [9.17, 15) is 19.2 Å². The number of amides is 2. The summed E-state index contributed by atoms with van der Waals surface area (Å²) in [7, 11) is 0. The van der Waals surface area contributed by atoms with Crippen LogP contribution in [0.5, 0.6) is 0 Å². The van der Waals surface area contributed by atoms with Crippen molar-refractivity contribution >= 4 is 35.6 Å². The van der Waals surface area contributed by atoms with Gasteiger partial charge in [-0.05, 0) is 12.8 Å². The number of carbonyl (C=O) groups is 4. The van der Waals surface area contributed by atoms with E-state index in [4.69, 9.17) is 10.2 Å². The van der Waals surface area contributed by atoms with E-state index in [0.29, 0.717) is 0 Å². The van der Waals surface area contributed by atoms with Gasteiger partial charge in [-0.15, -0.1) is 18.3 Å². The first-order chi connectivity index (χ1) is 12.8. The quantitative estimate of drug-likeness (QED) is 0.334. The number of anilines is 2. The molecule has 1 heterocycles. The molecule has 0 fully saturated rings. The molecule has 2 unspecified atom stereocenters. The first-order valence-electron chi connectivity index (χ1n) is 7.96. The molecule has 5 N–H and O–H groups in total. The van der Waals surface area contributed by atoms with Crippen LogP contribution in [-0.2, 0) is 19.2 Å². The van der Waals surface area contributed by atoms with Crippen LogP contribution in [0.15, 0.2) is 25.3 Å². The van der Waals surface area contributed by atoms with Crippen molar-refractivity contribution in [2.24, 2.45) is 11.8 Å². The van der Waals surface area contributed by atoms with Gasteiger partial charge in [0.05, 0.1) is 11.8 Å². The monoisotopic (exact) mass is 379 g/mol. The summed E-state index contributed by atoms with van der Waals surface area (Å²) in [5.41, 5.74) is 0. The number of nitrogens with zero attached hydrogens (tertiary/aromatic N) is 2. The van der Waals surface area contributed by atoms with E-state index in [1.54, 1.807) is 0 Å². The number of rotatable bonds is 12. The summed E-state index contributed by atoms with van der Waals surface area (Å²) < 4.78 is 0. The zero-order chi connectivity index (χ0) is 20.4. The van der Waals surface area contributed by atoms with E-state index in [1.807, 2.05) is 0 Å². The number of nitrogens with one attached hydrogen (secondary N) is 3. The Kier molecular flexibility index (Phi) is 8.36. The van der Waals surface area contributed by atoms with Gasteiger partial charge in [0.15, 0.2) is 0 Å². The maximum Gasteiger partial charge on any atom is 0.307 e. The van der Waals surface area contributed by atoms with Crippen LogP contribution in [-0.4, -0.2) is 49.1 Å². The lowest BCUT2D eigenvalue weighted by molar-refractivity contribution is -0.143. The van der Waals surface area contributed by atoms with Crippen molar-refractivity contribution in [1.29, 1.82) is 0 Å². The Morgan fingerprint density at radius 1 is 0.963 bits per heavy atom. The Morgan fingerprint density at radius 3 is 1.89 bits per heavy atom. The molecule has 2 amide bonds. The fraction of sp³-hybridized carbons (Fsp3) is 0.375. The van der Waals surface area contributed by atoms with Crippen molar-refractivity contribution in [3.63, 3.8) is 0 Å². The van der Waals surface area contributed by atoms with Gasteiger partial charge >= 0.3 is 11.9 Å². The zero-order valence-corrected chi connectivity index (χ0v) is 14.5. The van der Waals surface area contributed by atoms with Crippen LogP contribution in [0.2, 0.25) is 0 Å². The molecule has 0 aliphatic carbocycles. The molecule has 0 saturated heterocycles. The molecule has 146 valence electrons. The van der Waals surface area contributed by atoms with Crippen molar-refractivity contribution in [3.8, 4) is 0 Å². The molecule has 0 radical (unpaired) electrons. The second-order valence-electron chi connectivity index (χ2n) is 5.63. The van der Waals surface area contributed by atoms with Crippen LogP contribution in [0.25, 0.3) is 0 Å². The molecule has 1 aromatic heterocycles. The highest BCUT2D eigenvalue weighted by atomic mass is 16.4. The van der Waals surface area contributed by atoms with E-state index in [2.05, 4.69) is 39.0 Å². The molecule has 0 aromatic carbocycles. The molecular weight excluding hydrogens is 358 g/mol. The Labute approximate surface area is 154 Å². The molecule has 11 nitrogen and oxygen atoms in total. The largest absolute Gasteiger partial charge is 0.481 e. The maximum absolute atomic E-state index is 11.9. The van der Waals surface area contributed by atoms with Gasteiger partial charge in [0.2, 0.25) is 23.7 Å². The number of aromatic amines is 1. The van der Waals surface area contributed by atoms with E-state index in [-0.39, 0.29) is 37.6 Å². The van der Waals surface area contributed by atoms with E-state index in [0.717, 1.165) is 0 Å². The first kappa shape index (κ1) is 21.5. The fourth-order valence-corrected chi connectivity index (χ4v) is 2.13. The maximum atomic E-state index is 11.9. The molecule has 0 bridgehead atoms. The predicted molar refractivity (Wildman–Crippen MR) is 94.8 cm³/mol. The fourth-order valence-electron chi connectivity index (χ4n) is 2.13.